The van der Waals surface area contributed by atoms with E-state index in [4.69, 9.17) is 16.2 Å². The van der Waals surface area contributed by atoms with E-state index in [0.717, 1.165) is 108 Å². The Kier molecular flexibility index (Phi) is 16.5. The number of hydrogen-bond donors (Lipinski definition) is 3. The van der Waals surface area contributed by atoms with Crippen LogP contribution >= 0.6 is 35.1 Å². The van der Waals surface area contributed by atoms with Gasteiger partial charge in [0, 0.05) is 97.8 Å². The lowest BCUT2D eigenvalue weighted by molar-refractivity contribution is 0.0359. The van der Waals surface area contributed by atoms with Crippen LogP contribution in [0.25, 0.3) is 20.9 Å². The first kappa shape index (κ1) is 49.3. The van der Waals surface area contributed by atoms with Gasteiger partial charge < -0.3 is 31.3 Å². The third-order valence-corrected chi connectivity index (χ3v) is 15.0. The second-order valence-corrected chi connectivity index (χ2v) is 20.2. The number of nitrogens with zero attached hydrogens (tertiary/aromatic N) is 6. The molecule has 3 saturated heterocycles. The maximum atomic E-state index is 13.0. The zero-order chi connectivity index (χ0) is 46.1. The molecule has 0 saturated carbocycles. The van der Waals surface area contributed by atoms with Gasteiger partial charge in [-0.3, -0.25) is 9.59 Å². The zero-order valence-electron chi connectivity index (χ0n) is 38.2. The summed E-state index contributed by atoms with van der Waals surface area (Å²) in [6.45, 7) is 10.6. The van der Waals surface area contributed by atoms with Crippen molar-refractivity contribution in [3.05, 3.63) is 130 Å². The number of carbonyl (C=O) groups excluding carboxylic acids is 3. The van der Waals surface area contributed by atoms with Gasteiger partial charge in [-0.1, -0.05) is 38.1 Å². The fraction of sp³-hybridized carbons (Fsp3) is 0.392. The Bertz CT molecular complexity index is 2570. The first-order valence-electron chi connectivity index (χ1n) is 22.8. The smallest absolute Gasteiger partial charge is 0.320 e. The summed E-state index contributed by atoms with van der Waals surface area (Å²) in [4.78, 5) is 62.7. The number of morpholine rings is 1. The van der Waals surface area contributed by atoms with Crippen LogP contribution in [0.1, 0.15) is 83.0 Å². The molecule has 5 N–H and O–H groups in total. The van der Waals surface area contributed by atoms with E-state index in [1.165, 1.54) is 0 Å². The van der Waals surface area contributed by atoms with E-state index in [-0.39, 0.29) is 53.7 Å². The molecule has 9 rings (SSSR count). The summed E-state index contributed by atoms with van der Waals surface area (Å²) in [5, 5.41) is 7.47. The molecule has 0 spiro atoms. The number of halogens is 1. The van der Waals surface area contributed by atoms with E-state index >= 15 is 0 Å². The predicted octanol–water partition coefficient (Wildman–Crippen LogP) is 8.88. The SMILES string of the molecule is CC1(Cc2ncc(C(=O)Cc3cc(-c4cccs4)ccc3N)cn2)CCN(C(=O)N2CCOCC2)CC1.CC1(Cc2ncc(C(=O)Cc3cc(-c4cccs4)ccc3N)cn2)CCNCC1.Cl. The van der Waals surface area contributed by atoms with Crippen LogP contribution in [0.4, 0.5) is 16.2 Å². The largest absolute Gasteiger partial charge is 0.398 e. The second kappa shape index (κ2) is 22.5. The Morgan fingerprint density at radius 3 is 1.51 bits per heavy atom. The minimum absolute atomic E-state index is 0. The molecule has 16 heteroatoms. The number of thiophene rings is 2. The topological polar surface area (TPSA) is 183 Å². The third kappa shape index (κ3) is 12.9. The minimum atomic E-state index is -0.0530. The Balaban J connectivity index is 0.000000202. The van der Waals surface area contributed by atoms with Gasteiger partial charge in [0.05, 0.1) is 24.3 Å². The molecule has 13 nitrogen and oxygen atoms in total. The molecule has 3 aliphatic heterocycles. The zero-order valence-corrected chi connectivity index (χ0v) is 40.7. The van der Waals surface area contributed by atoms with Crippen LogP contribution in [0.15, 0.2) is 96.2 Å². The number of nitrogens with two attached hydrogens (primary N) is 2. The summed E-state index contributed by atoms with van der Waals surface area (Å²) in [5.41, 5.74) is 18.6. The molecule has 3 fully saturated rings. The number of piperidine rings is 2. The first-order valence-corrected chi connectivity index (χ1v) is 24.5. The van der Waals surface area contributed by atoms with Crippen molar-refractivity contribution in [3.8, 4) is 20.9 Å². The summed E-state index contributed by atoms with van der Waals surface area (Å²) in [6.07, 6.45) is 12.6. The van der Waals surface area contributed by atoms with Crippen molar-refractivity contribution in [1.29, 1.82) is 0 Å². The average Bonchev–Trinajstić information content (AvgIpc) is 4.08. The number of carbonyl (C=O) groups is 3. The van der Waals surface area contributed by atoms with E-state index in [0.29, 0.717) is 48.8 Å². The van der Waals surface area contributed by atoms with E-state index in [9.17, 15) is 14.4 Å². The summed E-state index contributed by atoms with van der Waals surface area (Å²) in [6, 6.07) is 20.0. The lowest BCUT2D eigenvalue weighted by atomic mass is 9.77. The van der Waals surface area contributed by atoms with E-state index in [2.05, 4.69) is 51.2 Å². The molecule has 2 aromatic carbocycles. The van der Waals surface area contributed by atoms with E-state index in [1.807, 2.05) is 69.1 Å². The van der Waals surface area contributed by atoms with Crippen LogP contribution in [0.5, 0.6) is 0 Å². The number of likely N-dealkylation sites (tertiary alicyclic amines) is 1. The molecule has 4 aromatic heterocycles. The van der Waals surface area contributed by atoms with Crippen LogP contribution in [0, 0.1) is 10.8 Å². The van der Waals surface area contributed by atoms with Gasteiger partial charge in [-0.25, -0.2) is 24.7 Å². The second-order valence-electron chi connectivity index (χ2n) is 18.4. The molecular formula is C51H60ClN9O4S2. The van der Waals surface area contributed by atoms with Crippen molar-refractivity contribution in [2.75, 3.05) is 63.9 Å². The number of ketones is 2. The Hall–Kier alpha value is -5.58. The van der Waals surface area contributed by atoms with Crippen molar-refractivity contribution in [3.63, 3.8) is 0 Å². The summed E-state index contributed by atoms with van der Waals surface area (Å²) < 4.78 is 5.36. The predicted molar refractivity (Wildman–Crippen MR) is 270 cm³/mol. The van der Waals surface area contributed by atoms with Crippen LogP contribution in [-0.2, 0) is 30.4 Å². The Labute approximate surface area is 407 Å². The van der Waals surface area contributed by atoms with Gasteiger partial charge in [0.25, 0.3) is 0 Å². The number of anilines is 2. The lowest BCUT2D eigenvalue weighted by Crippen LogP contribution is -2.51. The van der Waals surface area contributed by atoms with Gasteiger partial charge in [0.1, 0.15) is 11.6 Å². The Morgan fingerprint density at radius 2 is 1.07 bits per heavy atom. The number of nitrogens with one attached hydrogen (secondary N) is 1. The van der Waals surface area contributed by atoms with Crippen LogP contribution in [-0.4, -0.2) is 99.8 Å². The van der Waals surface area contributed by atoms with Crippen molar-refractivity contribution in [1.82, 2.24) is 35.1 Å². The van der Waals surface area contributed by atoms with Gasteiger partial charge in [0.2, 0.25) is 0 Å². The quantitative estimate of drug-likeness (QED) is 0.0787. The van der Waals surface area contributed by atoms with Crippen LogP contribution < -0.4 is 16.8 Å². The monoisotopic (exact) mass is 961 g/mol. The molecule has 7 heterocycles. The number of aromatic nitrogens is 4. The fourth-order valence-corrected chi connectivity index (χ4v) is 10.2. The van der Waals surface area contributed by atoms with Crippen molar-refractivity contribution in [2.24, 2.45) is 10.8 Å². The van der Waals surface area contributed by atoms with Crippen molar-refractivity contribution >= 4 is 64.1 Å². The van der Waals surface area contributed by atoms with Gasteiger partial charge in [-0.05, 0) is 119 Å². The molecule has 0 atom stereocenters. The molecular weight excluding hydrogens is 902 g/mol. The summed E-state index contributed by atoms with van der Waals surface area (Å²) in [7, 11) is 0. The average molecular weight is 963 g/mol. The number of nitrogen functional groups attached to an aromatic ring is 2. The molecule has 6 aromatic rings. The first-order chi connectivity index (χ1) is 31.9. The molecule has 0 bridgehead atoms. The van der Waals surface area contributed by atoms with Gasteiger partial charge >= 0.3 is 6.03 Å². The molecule has 0 unspecified atom stereocenters. The van der Waals surface area contributed by atoms with Crippen molar-refractivity contribution in [2.45, 2.75) is 65.2 Å². The van der Waals surface area contributed by atoms with Crippen LogP contribution in [0.2, 0.25) is 0 Å². The molecule has 352 valence electrons. The maximum absolute atomic E-state index is 13.0. The minimum Gasteiger partial charge on any atom is -0.398 e. The number of hydrogen-bond acceptors (Lipinski definition) is 13. The van der Waals surface area contributed by atoms with Gasteiger partial charge in [-0.2, -0.15) is 0 Å². The Morgan fingerprint density at radius 1 is 0.642 bits per heavy atom. The fourth-order valence-electron chi connectivity index (χ4n) is 8.78. The van der Waals surface area contributed by atoms with Crippen LogP contribution in [0.3, 0.4) is 0 Å². The summed E-state index contributed by atoms with van der Waals surface area (Å²) in [5.74, 6) is 1.47. The number of rotatable bonds is 12. The molecule has 0 radical (unpaired) electrons. The number of Topliss-reactive ketones (excluding diaryl/α,β-unsaturated/α-hetero) is 2. The highest BCUT2D eigenvalue weighted by molar-refractivity contribution is 7.13. The normalized spacial score (nSPS) is 16.6. The highest BCUT2D eigenvalue weighted by atomic mass is 35.5. The molecule has 67 heavy (non-hydrogen) atoms. The molecule has 0 aliphatic carbocycles. The van der Waals surface area contributed by atoms with Gasteiger partial charge in [-0.15, -0.1) is 35.1 Å². The van der Waals surface area contributed by atoms with Gasteiger partial charge in [0.15, 0.2) is 11.6 Å². The lowest BCUT2D eigenvalue weighted by Gasteiger charge is -2.41. The summed E-state index contributed by atoms with van der Waals surface area (Å²) >= 11 is 3.33. The van der Waals surface area contributed by atoms with Crippen molar-refractivity contribution < 1.29 is 19.1 Å². The van der Waals surface area contributed by atoms with E-state index < -0.39 is 0 Å². The number of benzene rings is 2. The maximum Gasteiger partial charge on any atom is 0.320 e. The third-order valence-electron chi connectivity index (χ3n) is 13.2. The molecule has 2 amide bonds. The number of urea groups is 1. The van der Waals surface area contributed by atoms with E-state index in [1.54, 1.807) is 47.5 Å². The highest BCUT2D eigenvalue weighted by Crippen LogP contribution is 2.35. The molecule has 3 aliphatic rings. The number of ether oxygens (including phenoxy) is 1. The number of amides is 2. The standard InChI is InChI=1S/C28H33N5O3S.C23H26N4OS.ClH/c1-28(6-8-32(9-7-28)27(35)33-10-12-36-13-11-33)17-26-30-18-22(19-31-26)24(34)16-21-15-20(4-5-23(21)29)25-3-2-14-37-25;1-23(6-8-25-9-7-23)13-22-26-14-18(15-27-22)20(28)12-17-11-16(4-5-19(17)24)21-3-2-10-29-21;/h2-5,14-15,18-19H,6-13,16-17,29H2,1H3;2-5,10-11,14-15,25H,6-9,12-13,24H2,1H3;1H. The highest BCUT2D eigenvalue weighted by Gasteiger charge is 2.35.